The summed E-state index contributed by atoms with van der Waals surface area (Å²) in [4.78, 5) is 0. The fourth-order valence-electron chi connectivity index (χ4n) is 1.40. The van der Waals surface area contributed by atoms with E-state index in [4.69, 9.17) is 20.0 Å². The molecule has 0 aromatic heterocycles. The molecule has 0 atom stereocenters. The van der Waals surface area contributed by atoms with Gasteiger partial charge in [0, 0.05) is 0 Å². The smallest absolute Gasteiger partial charge is 0.161 e. The highest BCUT2D eigenvalue weighted by Crippen LogP contribution is 2.31. The number of ether oxygens (including phenoxy) is 2. The number of hydrogen-bond acceptors (Lipinski definition) is 4. The van der Waals surface area contributed by atoms with Crippen LogP contribution >= 0.6 is 0 Å². The van der Waals surface area contributed by atoms with Crippen LogP contribution in [0, 0.1) is 29.6 Å². The molecule has 17 heavy (non-hydrogen) atoms. The van der Waals surface area contributed by atoms with Crippen molar-refractivity contribution in [3.63, 3.8) is 0 Å². The molecule has 0 bridgehead atoms. The second-order valence-corrected chi connectivity index (χ2v) is 3.35. The van der Waals surface area contributed by atoms with E-state index in [0.29, 0.717) is 11.5 Å². The molecule has 0 saturated carbocycles. The molecule has 0 amide bonds. The average Bonchev–Trinajstić information content (AvgIpc) is 2.36. The van der Waals surface area contributed by atoms with Gasteiger partial charge in [-0.05, 0) is 36.3 Å². The van der Waals surface area contributed by atoms with Gasteiger partial charge < -0.3 is 9.47 Å². The average molecular weight is 228 g/mol. The van der Waals surface area contributed by atoms with Gasteiger partial charge in [-0.2, -0.15) is 10.5 Å². The summed E-state index contributed by atoms with van der Waals surface area (Å²) in [7, 11) is 3.10. The summed E-state index contributed by atoms with van der Waals surface area (Å²) in [5.74, 6) is 1.19. The molecule has 0 fully saturated rings. The van der Waals surface area contributed by atoms with Crippen LogP contribution in [0.2, 0.25) is 0 Å². The summed E-state index contributed by atoms with van der Waals surface area (Å²) in [5.41, 5.74) is 1.73. The van der Waals surface area contributed by atoms with E-state index in [-0.39, 0.29) is 5.57 Å². The highest BCUT2D eigenvalue weighted by molar-refractivity contribution is 5.67. The standard InChI is InChI=1S/C13H12N2O2/c1-9-4-12(16-2)13(17-3)6-11(9)5-10(7-14)8-15/h4-6H,1-3H3. The van der Waals surface area contributed by atoms with E-state index in [1.54, 1.807) is 19.2 Å². The molecular weight excluding hydrogens is 216 g/mol. The number of aryl methyl sites for hydroxylation is 1. The van der Waals surface area contributed by atoms with Crippen molar-refractivity contribution in [2.45, 2.75) is 6.92 Å². The van der Waals surface area contributed by atoms with E-state index in [0.717, 1.165) is 11.1 Å². The second kappa shape index (κ2) is 5.58. The fourth-order valence-corrected chi connectivity index (χ4v) is 1.40. The quantitative estimate of drug-likeness (QED) is 0.745. The van der Waals surface area contributed by atoms with Crippen LogP contribution in [0.1, 0.15) is 11.1 Å². The van der Waals surface area contributed by atoms with Gasteiger partial charge >= 0.3 is 0 Å². The number of allylic oxidation sites excluding steroid dienone is 1. The maximum absolute atomic E-state index is 8.71. The summed E-state index contributed by atoms with van der Waals surface area (Å²) in [5, 5.41) is 17.4. The lowest BCUT2D eigenvalue weighted by atomic mass is 10.1. The zero-order valence-electron chi connectivity index (χ0n) is 9.94. The Labute approximate surface area is 100 Å². The molecule has 0 heterocycles. The first kappa shape index (κ1) is 12.6. The SMILES string of the molecule is COc1cc(C)c(C=C(C#N)C#N)cc1OC. The lowest BCUT2D eigenvalue weighted by Gasteiger charge is -2.10. The lowest BCUT2D eigenvalue weighted by molar-refractivity contribution is 0.354. The second-order valence-electron chi connectivity index (χ2n) is 3.35. The maximum atomic E-state index is 8.71. The van der Waals surface area contributed by atoms with Crippen LogP contribution in [0.5, 0.6) is 11.5 Å². The van der Waals surface area contributed by atoms with Gasteiger partial charge in [0.1, 0.15) is 17.7 Å². The van der Waals surface area contributed by atoms with Crippen LogP contribution in [-0.4, -0.2) is 14.2 Å². The molecule has 4 nitrogen and oxygen atoms in total. The van der Waals surface area contributed by atoms with E-state index in [9.17, 15) is 0 Å². The summed E-state index contributed by atoms with van der Waals surface area (Å²) in [6.45, 7) is 1.88. The van der Waals surface area contributed by atoms with Crippen LogP contribution in [0.3, 0.4) is 0 Å². The van der Waals surface area contributed by atoms with E-state index >= 15 is 0 Å². The summed E-state index contributed by atoms with van der Waals surface area (Å²) < 4.78 is 10.3. The molecule has 1 rings (SSSR count). The molecule has 1 aromatic carbocycles. The Kier molecular flexibility index (Phi) is 4.14. The fraction of sp³-hybridized carbons (Fsp3) is 0.231. The minimum absolute atomic E-state index is 0.0559. The van der Waals surface area contributed by atoms with Crippen LogP contribution in [-0.2, 0) is 0 Å². The van der Waals surface area contributed by atoms with Gasteiger partial charge in [0.05, 0.1) is 14.2 Å². The molecule has 0 unspecified atom stereocenters. The third-order valence-electron chi connectivity index (χ3n) is 2.31. The van der Waals surface area contributed by atoms with Crippen molar-refractivity contribution in [1.29, 1.82) is 10.5 Å². The Morgan fingerprint density at radius 1 is 1.12 bits per heavy atom. The zero-order chi connectivity index (χ0) is 12.8. The normalized spacial score (nSPS) is 8.76. The highest BCUT2D eigenvalue weighted by Gasteiger charge is 2.07. The Hall–Kier alpha value is -2.46. The number of hydrogen-bond donors (Lipinski definition) is 0. The molecule has 0 radical (unpaired) electrons. The minimum Gasteiger partial charge on any atom is -0.493 e. The molecule has 0 aliphatic carbocycles. The molecule has 4 heteroatoms. The van der Waals surface area contributed by atoms with Gasteiger partial charge in [0.2, 0.25) is 0 Å². The number of methoxy groups -OCH3 is 2. The monoisotopic (exact) mass is 228 g/mol. The Morgan fingerprint density at radius 3 is 2.12 bits per heavy atom. The molecule has 86 valence electrons. The summed E-state index contributed by atoms with van der Waals surface area (Å²) in [6, 6.07) is 7.18. The molecule has 0 aliphatic heterocycles. The van der Waals surface area contributed by atoms with Crippen LogP contribution in [0.25, 0.3) is 6.08 Å². The van der Waals surface area contributed by atoms with Crippen molar-refractivity contribution >= 4 is 6.08 Å². The molecule has 0 aliphatic rings. The zero-order valence-corrected chi connectivity index (χ0v) is 9.94. The summed E-state index contributed by atoms with van der Waals surface area (Å²) in [6.07, 6.45) is 1.53. The Balaban J connectivity index is 3.33. The highest BCUT2D eigenvalue weighted by atomic mass is 16.5. The number of rotatable bonds is 3. The summed E-state index contributed by atoms with van der Waals surface area (Å²) >= 11 is 0. The molecular formula is C13H12N2O2. The van der Waals surface area contributed by atoms with Gasteiger partial charge in [0.25, 0.3) is 0 Å². The maximum Gasteiger partial charge on any atom is 0.161 e. The lowest BCUT2D eigenvalue weighted by Crippen LogP contribution is -1.93. The van der Waals surface area contributed by atoms with Gasteiger partial charge in [0.15, 0.2) is 11.5 Å². The van der Waals surface area contributed by atoms with Crippen molar-refractivity contribution in [1.82, 2.24) is 0 Å². The molecule has 0 saturated heterocycles. The predicted octanol–water partition coefficient (Wildman–Crippen LogP) is 2.44. The van der Waals surface area contributed by atoms with E-state index in [1.165, 1.54) is 13.2 Å². The van der Waals surface area contributed by atoms with Crippen LogP contribution in [0.15, 0.2) is 17.7 Å². The van der Waals surface area contributed by atoms with E-state index in [1.807, 2.05) is 19.1 Å². The topological polar surface area (TPSA) is 66.0 Å². The van der Waals surface area contributed by atoms with Crippen molar-refractivity contribution in [3.05, 3.63) is 28.8 Å². The van der Waals surface area contributed by atoms with Crippen LogP contribution in [0.4, 0.5) is 0 Å². The molecule has 0 spiro atoms. The number of nitrogens with zero attached hydrogens (tertiary/aromatic N) is 2. The third-order valence-corrected chi connectivity index (χ3v) is 2.31. The Bertz CT molecular complexity index is 518. The van der Waals surface area contributed by atoms with E-state index in [2.05, 4.69) is 0 Å². The first-order chi connectivity index (χ1) is 8.15. The van der Waals surface area contributed by atoms with Crippen molar-refractivity contribution in [2.75, 3.05) is 14.2 Å². The minimum atomic E-state index is 0.0559. The van der Waals surface area contributed by atoms with Crippen LogP contribution < -0.4 is 9.47 Å². The van der Waals surface area contributed by atoms with Gasteiger partial charge in [-0.15, -0.1) is 0 Å². The first-order valence-corrected chi connectivity index (χ1v) is 4.90. The van der Waals surface area contributed by atoms with Crippen molar-refractivity contribution in [3.8, 4) is 23.6 Å². The van der Waals surface area contributed by atoms with E-state index < -0.39 is 0 Å². The van der Waals surface area contributed by atoms with Crippen molar-refractivity contribution < 1.29 is 9.47 Å². The largest absolute Gasteiger partial charge is 0.493 e. The molecule has 0 N–H and O–H groups in total. The molecule has 1 aromatic rings. The van der Waals surface area contributed by atoms with Gasteiger partial charge in [-0.1, -0.05) is 0 Å². The predicted molar refractivity (Wildman–Crippen MR) is 63.5 cm³/mol. The number of nitriles is 2. The van der Waals surface area contributed by atoms with Gasteiger partial charge in [-0.3, -0.25) is 0 Å². The van der Waals surface area contributed by atoms with Crippen molar-refractivity contribution in [2.24, 2.45) is 0 Å². The Morgan fingerprint density at radius 2 is 1.65 bits per heavy atom. The van der Waals surface area contributed by atoms with Gasteiger partial charge in [-0.25, -0.2) is 0 Å². The first-order valence-electron chi connectivity index (χ1n) is 4.90. The number of benzene rings is 1. The third kappa shape index (κ3) is 2.76.